The molecule has 0 bridgehead atoms. The number of likely N-dealkylation sites (tertiary alicyclic amines) is 1. The molecule has 0 aliphatic carbocycles. The van der Waals surface area contributed by atoms with Crippen molar-refractivity contribution in [2.75, 3.05) is 13.2 Å². The van der Waals surface area contributed by atoms with Crippen molar-refractivity contribution >= 4 is 0 Å². The first kappa shape index (κ1) is 14.5. The molecule has 1 aliphatic rings. The Bertz CT molecular complexity index is 379. The van der Waals surface area contributed by atoms with Crippen molar-refractivity contribution in [3.8, 4) is 0 Å². The van der Waals surface area contributed by atoms with Crippen LogP contribution in [-0.4, -0.2) is 39.3 Å². The van der Waals surface area contributed by atoms with Crippen molar-refractivity contribution in [1.29, 1.82) is 0 Å². The average molecular weight is 267 g/mol. The summed E-state index contributed by atoms with van der Waals surface area (Å²) in [5, 5.41) is 13.0. The molecule has 1 saturated heterocycles. The van der Waals surface area contributed by atoms with Crippen LogP contribution in [0.25, 0.3) is 0 Å². The Morgan fingerprint density at radius 3 is 3.05 bits per heavy atom. The lowest BCUT2D eigenvalue weighted by atomic mass is 10.1. The maximum absolute atomic E-state index is 8.93. The first-order chi connectivity index (χ1) is 9.19. The Morgan fingerprint density at radius 1 is 1.47 bits per heavy atom. The van der Waals surface area contributed by atoms with Gasteiger partial charge in [-0.15, -0.1) is 0 Å². The molecule has 19 heavy (non-hydrogen) atoms. The van der Waals surface area contributed by atoms with Crippen LogP contribution in [0.3, 0.4) is 0 Å². The third-order valence-electron chi connectivity index (χ3n) is 3.63. The second-order valence-corrected chi connectivity index (χ2v) is 5.83. The summed E-state index contributed by atoms with van der Waals surface area (Å²) in [6, 6.07) is 0.563. The van der Waals surface area contributed by atoms with Crippen molar-refractivity contribution in [2.24, 2.45) is 5.92 Å². The number of rotatable bonds is 7. The Hall–Kier alpha value is -0.940. The first-order valence-corrected chi connectivity index (χ1v) is 7.35. The van der Waals surface area contributed by atoms with Crippen LogP contribution >= 0.6 is 0 Å². The maximum atomic E-state index is 8.93. The number of nitrogens with zero attached hydrogens (tertiary/aromatic N) is 3. The molecule has 0 saturated carbocycles. The molecule has 5 heteroatoms. The summed E-state index contributed by atoms with van der Waals surface area (Å²) in [7, 11) is 0. The summed E-state index contributed by atoms with van der Waals surface area (Å²) >= 11 is 0. The highest BCUT2D eigenvalue weighted by molar-refractivity contribution is 4.90. The van der Waals surface area contributed by atoms with Gasteiger partial charge in [0, 0.05) is 19.1 Å². The first-order valence-electron chi connectivity index (χ1n) is 7.35. The second-order valence-electron chi connectivity index (χ2n) is 5.83. The molecule has 0 aromatic carbocycles. The van der Waals surface area contributed by atoms with E-state index in [1.54, 1.807) is 0 Å². The molecule has 0 amide bonds. The minimum absolute atomic E-state index is 0.281. The van der Waals surface area contributed by atoms with Gasteiger partial charge in [-0.1, -0.05) is 19.0 Å². The van der Waals surface area contributed by atoms with Crippen LogP contribution in [0.15, 0.2) is 4.52 Å². The molecule has 0 radical (unpaired) electrons. The number of aromatic nitrogens is 2. The average Bonchev–Trinajstić information content (AvgIpc) is 2.96. The number of hydrogen-bond acceptors (Lipinski definition) is 5. The topological polar surface area (TPSA) is 62.4 Å². The van der Waals surface area contributed by atoms with Gasteiger partial charge < -0.3 is 9.63 Å². The van der Waals surface area contributed by atoms with Crippen LogP contribution in [0.5, 0.6) is 0 Å². The highest BCUT2D eigenvalue weighted by Crippen LogP contribution is 2.23. The third kappa shape index (κ3) is 4.28. The molecule has 2 heterocycles. The van der Waals surface area contributed by atoms with Crippen LogP contribution in [0.4, 0.5) is 0 Å². The number of hydrogen-bond donors (Lipinski definition) is 1. The van der Waals surface area contributed by atoms with Gasteiger partial charge in [-0.3, -0.25) is 4.90 Å². The van der Waals surface area contributed by atoms with Gasteiger partial charge in [0.25, 0.3) is 0 Å². The SMILES string of the molecule is CC(C)Cc1noc(CN2CCCC2CCCO)n1. The Balaban J connectivity index is 1.87. The van der Waals surface area contributed by atoms with Gasteiger partial charge in [-0.05, 0) is 38.1 Å². The predicted molar refractivity (Wildman–Crippen MR) is 72.6 cm³/mol. The summed E-state index contributed by atoms with van der Waals surface area (Å²) in [6.07, 6.45) is 5.25. The molecular weight excluding hydrogens is 242 g/mol. The molecule has 1 aliphatic heterocycles. The van der Waals surface area contributed by atoms with E-state index in [2.05, 4.69) is 28.9 Å². The van der Waals surface area contributed by atoms with E-state index in [-0.39, 0.29) is 6.61 Å². The summed E-state index contributed by atoms with van der Waals surface area (Å²) in [6.45, 7) is 6.44. The molecule has 1 fully saturated rings. The predicted octanol–water partition coefficient (Wildman–Crippen LogP) is 2.01. The normalized spacial score (nSPS) is 20.5. The van der Waals surface area contributed by atoms with Gasteiger partial charge in [0.15, 0.2) is 5.82 Å². The van der Waals surface area contributed by atoms with Gasteiger partial charge in [-0.2, -0.15) is 4.98 Å². The Labute approximate surface area is 115 Å². The van der Waals surface area contributed by atoms with Crippen LogP contribution in [0.2, 0.25) is 0 Å². The van der Waals surface area contributed by atoms with E-state index in [9.17, 15) is 0 Å². The lowest BCUT2D eigenvalue weighted by Crippen LogP contribution is -2.29. The van der Waals surface area contributed by atoms with Gasteiger partial charge in [0.2, 0.25) is 5.89 Å². The molecular formula is C14H25N3O2. The minimum atomic E-state index is 0.281. The molecule has 0 spiro atoms. The quantitative estimate of drug-likeness (QED) is 0.818. The monoisotopic (exact) mass is 267 g/mol. The summed E-state index contributed by atoms with van der Waals surface area (Å²) in [5.74, 6) is 2.09. The zero-order valence-corrected chi connectivity index (χ0v) is 12.0. The molecule has 1 atom stereocenters. The van der Waals surface area contributed by atoms with Crippen LogP contribution in [0, 0.1) is 5.92 Å². The summed E-state index contributed by atoms with van der Waals surface area (Å²) < 4.78 is 5.33. The molecule has 1 aromatic rings. The Morgan fingerprint density at radius 2 is 2.32 bits per heavy atom. The van der Waals surface area contributed by atoms with Crippen molar-refractivity contribution in [1.82, 2.24) is 15.0 Å². The third-order valence-corrected chi connectivity index (χ3v) is 3.63. The number of aliphatic hydroxyl groups is 1. The van der Waals surface area contributed by atoms with E-state index in [1.165, 1.54) is 12.8 Å². The van der Waals surface area contributed by atoms with E-state index in [1.807, 2.05) is 0 Å². The standard InChI is InChI=1S/C14H25N3O2/c1-11(2)9-13-15-14(19-16-13)10-17-7-3-5-12(17)6-4-8-18/h11-12,18H,3-10H2,1-2H3. The van der Waals surface area contributed by atoms with E-state index in [0.29, 0.717) is 12.0 Å². The lowest BCUT2D eigenvalue weighted by Gasteiger charge is -2.22. The molecule has 5 nitrogen and oxygen atoms in total. The fourth-order valence-corrected chi connectivity index (χ4v) is 2.73. The van der Waals surface area contributed by atoms with Gasteiger partial charge in [0.1, 0.15) is 0 Å². The van der Waals surface area contributed by atoms with E-state index >= 15 is 0 Å². The molecule has 1 unspecified atom stereocenters. The summed E-state index contributed by atoms with van der Waals surface area (Å²) in [4.78, 5) is 6.86. The minimum Gasteiger partial charge on any atom is -0.396 e. The molecule has 1 N–H and O–H groups in total. The van der Waals surface area contributed by atoms with Crippen molar-refractivity contribution < 1.29 is 9.63 Å². The van der Waals surface area contributed by atoms with Crippen molar-refractivity contribution in [2.45, 2.75) is 58.5 Å². The van der Waals surface area contributed by atoms with Gasteiger partial charge >= 0.3 is 0 Å². The van der Waals surface area contributed by atoms with E-state index in [0.717, 1.165) is 44.1 Å². The number of aliphatic hydroxyl groups excluding tert-OH is 1. The largest absolute Gasteiger partial charge is 0.396 e. The van der Waals surface area contributed by atoms with Gasteiger partial charge in [-0.25, -0.2) is 0 Å². The zero-order valence-electron chi connectivity index (χ0n) is 12.0. The zero-order chi connectivity index (χ0) is 13.7. The van der Waals surface area contributed by atoms with E-state index < -0.39 is 0 Å². The van der Waals surface area contributed by atoms with Crippen molar-refractivity contribution in [3.63, 3.8) is 0 Å². The highest BCUT2D eigenvalue weighted by Gasteiger charge is 2.25. The Kier molecular flexibility index (Phi) is 5.34. The van der Waals surface area contributed by atoms with Crippen LogP contribution < -0.4 is 0 Å². The fraction of sp³-hybridized carbons (Fsp3) is 0.857. The smallest absolute Gasteiger partial charge is 0.240 e. The van der Waals surface area contributed by atoms with Gasteiger partial charge in [0.05, 0.1) is 6.54 Å². The second kappa shape index (κ2) is 7.01. The molecule has 2 rings (SSSR count). The fourth-order valence-electron chi connectivity index (χ4n) is 2.73. The van der Waals surface area contributed by atoms with Crippen LogP contribution in [0.1, 0.15) is 51.2 Å². The molecule has 1 aromatic heterocycles. The highest BCUT2D eigenvalue weighted by atomic mass is 16.5. The maximum Gasteiger partial charge on any atom is 0.240 e. The lowest BCUT2D eigenvalue weighted by molar-refractivity contribution is 0.188. The summed E-state index contributed by atoms with van der Waals surface area (Å²) in [5.41, 5.74) is 0. The van der Waals surface area contributed by atoms with Crippen LogP contribution in [-0.2, 0) is 13.0 Å². The molecule has 108 valence electrons. The van der Waals surface area contributed by atoms with Crippen molar-refractivity contribution in [3.05, 3.63) is 11.7 Å². The van der Waals surface area contributed by atoms with E-state index in [4.69, 9.17) is 9.63 Å².